The second kappa shape index (κ2) is 6.88. The second-order valence-electron chi connectivity index (χ2n) is 3.44. The van der Waals surface area contributed by atoms with E-state index in [0.29, 0.717) is 12.3 Å². The van der Waals surface area contributed by atoms with Crippen LogP contribution in [0.25, 0.3) is 0 Å². The zero-order valence-electron chi connectivity index (χ0n) is 9.79. The SMILES string of the molecule is CCCC=CCOc1cccc(NC)c1F. The van der Waals surface area contributed by atoms with E-state index in [1.165, 1.54) is 0 Å². The molecular weight excluding hydrogens is 205 g/mol. The minimum atomic E-state index is -0.339. The lowest BCUT2D eigenvalue weighted by atomic mass is 10.3. The number of nitrogens with one attached hydrogen (secondary N) is 1. The molecule has 0 saturated heterocycles. The van der Waals surface area contributed by atoms with Crippen molar-refractivity contribution in [3.8, 4) is 5.75 Å². The zero-order chi connectivity index (χ0) is 11.8. The largest absolute Gasteiger partial charge is 0.486 e. The molecule has 1 N–H and O–H groups in total. The van der Waals surface area contributed by atoms with E-state index >= 15 is 0 Å². The molecule has 0 spiro atoms. The number of benzene rings is 1. The van der Waals surface area contributed by atoms with Gasteiger partial charge in [0.05, 0.1) is 5.69 Å². The first-order chi connectivity index (χ1) is 7.79. The second-order valence-corrected chi connectivity index (χ2v) is 3.44. The molecule has 0 radical (unpaired) electrons. The highest BCUT2D eigenvalue weighted by Gasteiger charge is 2.06. The number of anilines is 1. The molecule has 16 heavy (non-hydrogen) atoms. The highest BCUT2D eigenvalue weighted by molar-refractivity contribution is 5.49. The molecular formula is C13H18FNO. The molecule has 0 fully saturated rings. The maximum atomic E-state index is 13.6. The van der Waals surface area contributed by atoms with Crippen molar-refractivity contribution in [1.82, 2.24) is 0 Å². The minimum Gasteiger partial charge on any atom is -0.486 e. The number of hydrogen-bond donors (Lipinski definition) is 1. The number of halogens is 1. The quantitative estimate of drug-likeness (QED) is 0.744. The number of rotatable bonds is 6. The number of hydrogen-bond acceptors (Lipinski definition) is 2. The molecule has 1 aromatic rings. The van der Waals surface area contributed by atoms with Crippen molar-refractivity contribution in [2.75, 3.05) is 19.0 Å². The topological polar surface area (TPSA) is 21.3 Å². The van der Waals surface area contributed by atoms with E-state index in [1.54, 1.807) is 25.2 Å². The molecule has 0 bridgehead atoms. The molecule has 2 nitrogen and oxygen atoms in total. The van der Waals surface area contributed by atoms with Gasteiger partial charge in [0.2, 0.25) is 0 Å². The van der Waals surface area contributed by atoms with Crippen LogP contribution in [0, 0.1) is 5.82 Å². The van der Waals surface area contributed by atoms with Gasteiger partial charge in [0.1, 0.15) is 6.61 Å². The van der Waals surface area contributed by atoms with E-state index in [9.17, 15) is 4.39 Å². The van der Waals surface area contributed by atoms with Crippen LogP contribution in [0.15, 0.2) is 30.4 Å². The van der Waals surface area contributed by atoms with E-state index in [0.717, 1.165) is 12.8 Å². The fraction of sp³-hybridized carbons (Fsp3) is 0.385. The predicted octanol–water partition coefficient (Wildman–Crippen LogP) is 3.60. The summed E-state index contributed by atoms with van der Waals surface area (Å²) in [5, 5.41) is 2.77. The molecule has 0 unspecified atom stereocenters. The first kappa shape index (κ1) is 12.6. The van der Waals surface area contributed by atoms with E-state index < -0.39 is 0 Å². The molecule has 88 valence electrons. The van der Waals surface area contributed by atoms with Gasteiger partial charge in [0, 0.05) is 7.05 Å². The predicted molar refractivity (Wildman–Crippen MR) is 65.5 cm³/mol. The van der Waals surface area contributed by atoms with Crippen molar-refractivity contribution in [2.45, 2.75) is 19.8 Å². The molecule has 0 atom stereocenters. The summed E-state index contributed by atoms with van der Waals surface area (Å²) in [6.07, 6.45) is 6.09. The van der Waals surface area contributed by atoms with Crippen LogP contribution in [0.2, 0.25) is 0 Å². The van der Waals surface area contributed by atoms with Crippen molar-refractivity contribution in [3.63, 3.8) is 0 Å². The van der Waals surface area contributed by atoms with Crippen LogP contribution in [0.1, 0.15) is 19.8 Å². The lowest BCUT2D eigenvalue weighted by molar-refractivity contribution is 0.342. The Kier molecular flexibility index (Phi) is 5.40. The van der Waals surface area contributed by atoms with Crippen LogP contribution in [0.4, 0.5) is 10.1 Å². The summed E-state index contributed by atoms with van der Waals surface area (Å²) in [6, 6.07) is 5.07. The summed E-state index contributed by atoms with van der Waals surface area (Å²) >= 11 is 0. The van der Waals surface area contributed by atoms with Gasteiger partial charge < -0.3 is 10.1 Å². The third-order valence-corrected chi connectivity index (χ3v) is 2.19. The van der Waals surface area contributed by atoms with Crippen LogP contribution < -0.4 is 10.1 Å². The van der Waals surface area contributed by atoms with E-state index in [2.05, 4.69) is 12.2 Å². The normalized spacial score (nSPS) is 10.7. The van der Waals surface area contributed by atoms with Gasteiger partial charge in [-0.05, 0) is 18.6 Å². The third kappa shape index (κ3) is 3.57. The van der Waals surface area contributed by atoms with E-state index in [1.807, 2.05) is 12.2 Å². The average Bonchev–Trinajstić information content (AvgIpc) is 2.31. The molecule has 1 aromatic carbocycles. The van der Waals surface area contributed by atoms with Gasteiger partial charge in [-0.3, -0.25) is 0 Å². The highest BCUT2D eigenvalue weighted by Crippen LogP contribution is 2.23. The van der Waals surface area contributed by atoms with Crippen LogP contribution in [-0.2, 0) is 0 Å². The number of ether oxygens (including phenoxy) is 1. The Hall–Kier alpha value is -1.51. The van der Waals surface area contributed by atoms with E-state index in [4.69, 9.17) is 4.74 Å². The molecule has 0 saturated carbocycles. The van der Waals surface area contributed by atoms with Crippen LogP contribution in [0.5, 0.6) is 5.75 Å². The summed E-state index contributed by atoms with van der Waals surface area (Å²) in [5.41, 5.74) is 0.454. The van der Waals surface area contributed by atoms with Crippen LogP contribution in [0.3, 0.4) is 0 Å². The summed E-state index contributed by atoms with van der Waals surface area (Å²) < 4.78 is 19.0. The van der Waals surface area contributed by atoms with Crippen LogP contribution in [-0.4, -0.2) is 13.7 Å². The molecule has 3 heteroatoms. The van der Waals surface area contributed by atoms with Crippen molar-refractivity contribution in [2.24, 2.45) is 0 Å². The third-order valence-electron chi connectivity index (χ3n) is 2.19. The first-order valence-electron chi connectivity index (χ1n) is 5.53. The summed E-state index contributed by atoms with van der Waals surface area (Å²) in [6.45, 7) is 2.52. The Morgan fingerprint density at radius 3 is 2.88 bits per heavy atom. The maximum absolute atomic E-state index is 13.6. The molecule has 1 rings (SSSR count). The average molecular weight is 223 g/mol. The fourth-order valence-corrected chi connectivity index (χ4v) is 1.31. The number of unbranched alkanes of at least 4 members (excludes halogenated alkanes) is 1. The van der Waals surface area contributed by atoms with Crippen molar-refractivity contribution in [3.05, 3.63) is 36.2 Å². The smallest absolute Gasteiger partial charge is 0.188 e. The number of allylic oxidation sites excluding steroid dienone is 1. The van der Waals surface area contributed by atoms with Crippen LogP contribution >= 0.6 is 0 Å². The minimum absolute atomic E-state index is 0.285. The molecule has 0 aromatic heterocycles. The fourth-order valence-electron chi connectivity index (χ4n) is 1.31. The standard InChI is InChI=1S/C13H18FNO/c1-3-4-5-6-10-16-12-9-7-8-11(15-2)13(12)14/h5-9,15H,3-4,10H2,1-2H3. The van der Waals surface area contributed by atoms with Crippen molar-refractivity contribution >= 4 is 5.69 Å². The summed E-state index contributed by atoms with van der Waals surface area (Å²) in [4.78, 5) is 0. The van der Waals surface area contributed by atoms with Crippen molar-refractivity contribution in [1.29, 1.82) is 0 Å². The Balaban J connectivity index is 2.54. The zero-order valence-corrected chi connectivity index (χ0v) is 9.79. The molecule has 0 aliphatic heterocycles. The Morgan fingerprint density at radius 2 is 2.19 bits per heavy atom. The molecule has 0 aliphatic rings. The lowest BCUT2D eigenvalue weighted by Crippen LogP contribution is -1.99. The Bertz CT molecular complexity index is 350. The summed E-state index contributed by atoms with van der Waals surface area (Å²) in [7, 11) is 1.68. The maximum Gasteiger partial charge on any atom is 0.188 e. The van der Waals surface area contributed by atoms with E-state index in [-0.39, 0.29) is 11.6 Å². The first-order valence-corrected chi connectivity index (χ1v) is 5.53. The van der Waals surface area contributed by atoms with Gasteiger partial charge in [0.25, 0.3) is 0 Å². The van der Waals surface area contributed by atoms with Gasteiger partial charge in [-0.25, -0.2) is 4.39 Å². The lowest BCUT2D eigenvalue weighted by Gasteiger charge is -2.08. The van der Waals surface area contributed by atoms with Gasteiger partial charge >= 0.3 is 0 Å². The van der Waals surface area contributed by atoms with Gasteiger partial charge in [0.15, 0.2) is 11.6 Å². The highest BCUT2D eigenvalue weighted by atomic mass is 19.1. The molecule has 0 heterocycles. The van der Waals surface area contributed by atoms with Crippen molar-refractivity contribution < 1.29 is 9.13 Å². The Morgan fingerprint density at radius 1 is 1.38 bits per heavy atom. The van der Waals surface area contributed by atoms with Gasteiger partial charge in [-0.1, -0.05) is 31.6 Å². The molecule has 0 amide bonds. The molecule has 0 aliphatic carbocycles. The summed E-state index contributed by atoms with van der Waals surface area (Å²) in [5.74, 6) is -0.0538. The Labute approximate surface area is 96.1 Å². The van der Waals surface area contributed by atoms with Gasteiger partial charge in [-0.15, -0.1) is 0 Å². The van der Waals surface area contributed by atoms with Gasteiger partial charge in [-0.2, -0.15) is 0 Å². The monoisotopic (exact) mass is 223 g/mol.